The van der Waals surface area contributed by atoms with Crippen LogP contribution in [0.25, 0.3) is 0 Å². The number of benzene rings is 2. The van der Waals surface area contributed by atoms with Crippen molar-refractivity contribution in [3.05, 3.63) is 71.5 Å². The molecule has 2 aromatic rings. The van der Waals surface area contributed by atoms with E-state index in [2.05, 4.69) is 34.5 Å². The van der Waals surface area contributed by atoms with Gasteiger partial charge in [0.15, 0.2) is 0 Å². The van der Waals surface area contributed by atoms with E-state index in [1.165, 1.54) is 11.6 Å². The molecular weight excluding hydrogens is 315 g/mol. The van der Waals surface area contributed by atoms with Crippen molar-refractivity contribution < 1.29 is 9.18 Å². The minimum Gasteiger partial charge on any atom is -0.351 e. The van der Waals surface area contributed by atoms with E-state index in [0.717, 1.165) is 32.4 Å². The van der Waals surface area contributed by atoms with Crippen LogP contribution in [0.3, 0.4) is 0 Å². The fourth-order valence-corrected chi connectivity index (χ4v) is 3.39. The van der Waals surface area contributed by atoms with E-state index >= 15 is 0 Å². The van der Waals surface area contributed by atoms with Crippen molar-refractivity contribution in [3.63, 3.8) is 0 Å². The number of nitrogens with zero attached hydrogens (tertiary/aromatic N) is 1. The molecule has 3 rings (SSSR count). The van der Waals surface area contributed by atoms with Crippen LogP contribution in [-0.4, -0.2) is 30.4 Å². The maximum Gasteiger partial charge on any atom is 0.234 e. The fraction of sp³-hybridized carbons (Fsp3) is 0.381. The molecule has 2 aromatic carbocycles. The van der Waals surface area contributed by atoms with Gasteiger partial charge >= 0.3 is 0 Å². The van der Waals surface area contributed by atoms with Crippen molar-refractivity contribution in [1.82, 2.24) is 10.2 Å². The average molecular weight is 340 g/mol. The molecule has 1 aliphatic heterocycles. The molecule has 25 heavy (non-hydrogen) atoms. The zero-order valence-electron chi connectivity index (χ0n) is 14.5. The molecule has 0 aliphatic carbocycles. The second kappa shape index (κ2) is 8.77. The van der Waals surface area contributed by atoms with Crippen molar-refractivity contribution in [1.29, 1.82) is 0 Å². The fourth-order valence-electron chi connectivity index (χ4n) is 3.39. The number of hydrogen-bond acceptors (Lipinski definition) is 2. The first kappa shape index (κ1) is 17.6. The molecule has 0 radical (unpaired) electrons. The Bertz CT molecular complexity index is 681. The molecule has 4 heteroatoms. The van der Waals surface area contributed by atoms with Crippen LogP contribution in [0.4, 0.5) is 4.39 Å². The Balaban J connectivity index is 1.38. The number of amides is 1. The molecule has 1 amide bonds. The maximum atomic E-state index is 13.6. The number of likely N-dealkylation sites (tertiary alicyclic amines) is 1. The van der Waals surface area contributed by atoms with Crippen LogP contribution < -0.4 is 5.32 Å². The van der Waals surface area contributed by atoms with Gasteiger partial charge in [-0.25, -0.2) is 4.39 Å². The van der Waals surface area contributed by atoms with Gasteiger partial charge in [-0.3, -0.25) is 9.69 Å². The maximum absolute atomic E-state index is 13.6. The third-order valence-electron chi connectivity index (χ3n) is 4.88. The lowest BCUT2D eigenvalue weighted by Crippen LogP contribution is -2.41. The second-order valence-electron chi connectivity index (χ2n) is 6.78. The topological polar surface area (TPSA) is 32.3 Å². The molecule has 1 heterocycles. The van der Waals surface area contributed by atoms with E-state index in [9.17, 15) is 9.18 Å². The van der Waals surface area contributed by atoms with Crippen molar-refractivity contribution >= 4 is 5.91 Å². The number of hydrogen-bond donors (Lipinski definition) is 1. The molecule has 0 bridgehead atoms. The van der Waals surface area contributed by atoms with Gasteiger partial charge in [-0.2, -0.15) is 0 Å². The van der Waals surface area contributed by atoms with E-state index in [1.54, 1.807) is 18.2 Å². The third-order valence-corrected chi connectivity index (χ3v) is 4.88. The molecule has 1 N–H and O–H groups in total. The Hall–Kier alpha value is -2.20. The van der Waals surface area contributed by atoms with E-state index in [1.807, 2.05) is 6.07 Å². The summed E-state index contributed by atoms with van der Waals surface area (Å²) in [5.74, 6) is 0.384. The lowest BCUT2D eigenvalue weighted by Gasteiger charge is -2.31. The summed E-state index contributed by atoms with van der Waals surface area (Å²) < 4.78 is 13.6. The van der Waals surface area contributed by atoms with E-state index in [0.29, 0.717) is 18.0 Å². The van der Waals surface area contributed by atoms with Crippen LogP contribution in [0.5, 0.6) is 0 Å². The number of piperidine rings is 1. The smallest absolute Gasteiger partial charge is 0.234 e. The Kier molecular flexibility index (Phi) is 6.18. The van der Waals surface area contributed by atoms with Crippen molar-refractivity contribution in [2.75, 3.05) is 19.6 Å². The lowest BCUT2D eigenvalue weighted by molar-refractivity contribution is -0.122. The predicted octanol–water partition coefficient (Wildman–Crippen LogP) is 3.40. The molecule has 0 saturated carbocycles. The summed E-state index contributed by atoms with van der Waals surface area (Å²) in [5.41, 5.74) is 1.92. The Morgan fingerprint density at radius 1 is 1.04 bits per heavy atom. The first-order valence-electron chi connectivity index (χ1n) is 8.97. The Morgan fingerprint density at radius 2 is 1.72 bits per heavy atom. The molecule has 1 fully saturated rings. The summed E-state index contributed by atoms with van der Waals surface area (Å²) in [6, 6.07) is 17.1. The van der Waals surface area contributed by atoms with Gasteiger partial charge in [0, 0.05) is 12.1 Å². The van der Waals surface area contributed by atoms with Gasteiger partial charge in [-0.15, -0.1) is 0 Å². The van der Waals surface area contributed by atoms with Gasteiger partial charge in [-0.1, -0.05) is 48.5 Å². The molecular formula is C21H25FN2O. The van der Waals surface area contributed by atoms with Gasteiger partial charge in [0.2, 0.25) is 5.91 Å². The molecule has 1 saturated heterocycles. The highest BCUT2D eigenvalue weighted by molar-refractivity contribution is 5.78. The highest BCUT2D eigenvalue weighted by Crippen LogP contribution is 2.21. The summed E-state index contributed by atoms with van der Waals surface area (Å²) in [5, 5.41) is 2.82. The van der Waals surface area contributed by atoms with Crippen molar-refractivity contribution in [2.24, 2.45) is 5.92 Å². The van der Waals surface area contributed by atoms with Gasteiger partial charge < -0.3 is 5.32 Å². The van der Waals surface area contributed by atoms with E-state index in [-0.39, 0.29) is 18.3 Å². The molecule has 1 aliphatic rings. The Labute approximate surface area is 148 Å². The SMILES string of the molecule is O=C(CN1CCC(Cc2ccccc2)CC1)NCc1ccccc1F. The minimum absolute atomic E-state index is 0.0373. The van der Waals surface area contributed by atoms with Gasteiger partial charge in [-0.05, 0) is 49.9 Å². The van der Waals surface area contributed by atoms with Crippen LogP contribution in [0.2, 0.25) is 0 Å². The molecule has 3 nitrogen and oxygen atoms in total. The van der Waals surface area contributed by atoms with Crippen molar-refractivity contribution in [3.8, 4) is 0 Å². The molecule has 0 spiro atoms. The molecule has 0 aromatic heterocycles. The third kappa shape index (κ3) is 5.40. The van der Waals surface area contributed by atoms with Crippen LogP contribution in [0, 0.1) is 11.7 Å². The van der Waals surface area contributed by atoms with Gasteiger partial charge in [0.05, 0.1) is 6.54 Å². The summed E-state index contributed by atoms with van der Waals surface area (Å²) >= 11 is 0. The van der Waals surface area contributed by atoms with Crippen molar-refractivity contribution in [2.45, 2.75) is 25.8 Å². The first-order valence-corrected chi connectivity index (χ1v) is 8.97. The first-order chi connectivity index (χ1) is 12.2. The Morgan fingerprint density at radius 3 is 2.44 bits per heavy atom. The number of carbonyl (C=O) groups excluding carboxylic acids is 1. The minimum atomic E-state index is -0.274. The zero-order valence-corrected chi connectivity index (χ0v) is 14.5. The summed E-state index contributed by atoms with van der Waals surface area (Å²) in [6.45, 7) is 2.54. The molecule has 0 atom stereocenters. The molecule has 132 valence electrons. The lowest BCUT2D eigenvalue weighted by atomic mass is 9.90. The largest absolute Gasteiger partial charge is 0.351 e. The number of nitrogens with one attached hydrogen (secondary N) is 1. The van der Waals surface area contributed by atoms with Crippen LogP contribution in [0.15, 0.2) is 54.6 Å². The zero-order chi connectivity index (χ0) is 17.5. The molecule has 0 unspecified atom stereocenters. The normalized spacial score (nSPS) is 15.9. The quantitative estimate of drug-likeness (QED) is 0.874. The van der Waals surface area contributed by atoms with Crippen LogP contribution in [-0.2, 0) is 17.8 Å². The monoisotopic (exact) mass is 340 g/mol. The van der Waals surface area contributed by atoms with Gasteiger partial charge in [0.25, 0.3) is 0 Å². The highest BCUT2D eigenvalue weighted by Gasteiger charge is 2.21. The second-order valence-corrected chi connectivity index (χ2v) is 6.78. The van der Waals surface area contributed by atoms with Crippen LogP contribution >= 0.6 is 0 Å². The van der Waals surface area contributed by atoms with E-state index < -0.39 is 0 Å². The van der Waals surface area contributed by atoms with Gasteiger partial charge in [0.1, 0.15) is 5.82 Å². The number of halogens is 1. The van der Waals surface area contributed by atoms with Crippen LogP contribution in [0.1, 0.15) is 24.0 Å². The summed E-state index contributed by atoms with van der Waals surface area (Å²) in [7, 11) is 0. The summed E-state index contributed by atoms with van der Waals surface area (Å²) in [4.78, 5) is 14.3. The summed E-state index contributed by atoms with van der Waals surface area (Å²) in [6.07, 6.45) is 3.36. The predicted molar refractivity (Wildman–Crippen MR) is 97.6 cm³/mol. The number of carbonyl (C=O) groups is 1. The average Bonchev–Trinajstić information content (AvgIpc) is 2.64. The number of rotatable bonds is 6. The highest BCUT2D eigenvalue weighted by atomic mass is 19.1. The van der Waals surface area contributed by atoms with E-state index in [4.69, 9.17) is 0 Å². The standard InChI is InChI=1S/C21H25FN2O/c22-20-9-5-4-8-19(20)15-23-21(25)16-24-12-10-18(11-13-24)14-17-6-2-1-3-7-17/h1-9,18H,10-16H2,(H,23,25).